The Morgan fingerprint density at radius 2 is 1.77 bits per heavy atom. The van der Waals surface area contributed by atoms with E-state index in [0.717, 1.165) is 25.8 Å². The summed E-state index contributed by atoms with van der Waals surface area (Å²) in [5.41, 5.74) is 0.793. The summed E-state index contributed by atoms with van der Waals surface area (Å²) < 4.78 is 39.1. The third kappa shape index (κ3) is 3.96. The number of ether oxygens (including phenoxy) is 2. The molecule has 31 heavy (non-hydrogen) atoms. The molecule has 2 heterocycles. The van der Waals surface area contributed by atoms with Crippen LogP contribution in [-0.4, -0.2) is 38.6 Å². The van der Waals surface area contributed by atoms with Crippen LogP contribution < -0.4 is 14.2 Å². The topological polar surface area (TPSA) is 84.9 Å². The van der Waals surface area contributed by atoms with Crippen molar-refractivity contribution in [3.8, 4) is 11.5 Å². The third-order valence-corrected chi connectivity index (χ3v) is 7.90. The largest absolute Gasteiger partial charge is 0.454 e. The second-order valence-corrected chi connectivity index (χ2v) is 10.1. The van der Waals surface area contributed by atoms with Gasteiger partial charge in [-0.2, -0.15) is 0 Å². The highest BCUT2D eigenvalue weighted by Crippen LogP contribution is 2.37. The van der Waals surface area contributed by atoms with Gasteiger partial charge in [-0.3, -0.25) is 9.52 Å². The van der Waals surface area contributed by atoms with Gasteiger partial charge in [0.2, 0.25) is 6.79 Å². The molecule has 3 aliphatic rings. The molecule has 8 heteroatoms. The lowest BCUT2D eigenvalue weighted by atomic mass is 9.78. The SMILES string of the molecule is O=C(c1cccc(S(=O)(=O)Nc2ccc3c(c2)OCO3)c1)N1CCC[C@@H]2CCCC[C@H]21. The average Bonchev–Trinajstić information content (AvgIpc) is 3.26. The quantitative estimate of drug-likeness (QED) is 0.773. The smallest absolute Gasteiger partial charge is 0.261 e. The number of hydrogen-bond acceptors (Lipinski definition) is 5. The number of nitrogens with zero attached hydrogens (tertiary/aromatic N) is 1. The monoisotopic (exact) mass is 442 g/mol. The molecule has 0 aromatic heterocycles. The number of benzene rings is 2. The fourth-order valence-corrected chi connectivity index (χ4v) is 6.11. The maximum atomic E-state index is 13.3. The summed E-state index contributed by atoms with van der Waals surface area (Å²) in [6, 6.07) is 11.5. The number of rotatable bonds is 4. The molecule has 2 aromatic carbocycles. The Balaban J connectivity index is 1.37. The Bertz CT molecular complexity index is 1100. The van der Waals surface area contributed by atoms with Crippen LogP contribution in [0.2, 0.25) is 0 Å². The van der Waals surface area contributed by atoms with Crippen LogP contribution >= 0.6 is 0 Å². The van der Waals surface area contributed by atoms with Gasteiger partial charge in [-0.1, -0.05) is 18.9 Å². The number of amides is 1. The molecule has 164 valence electrons. The van der Waals surface area contributed by atoms with Crippen LogP contribution in [0.4, 0.5) is 5.69 Å². The predicted molar refractivity (Wildman–Crippen MR) is 116 cm³/mol. The number of piperidine rings is 1. The van der Waals surface area contributed by atoms with E-state index in [1.54, 1.807) is 30.3 Å². The number of carbonyl (C=O) groups is 1. The zero-order valence-corrected chi connectivity index (χ0v) is 18.1. The fourth-order valence-electron chi connectivity index (χ4n) is 5.01. The van der Waals surface area contributed by atoms with Gasteiger partial charge in [0.25, 0.3) is 15.9 Å². The van der Waals surface area contributed by atoms with Gasteiger partial charge < -0.3 is 14.4 Å². The number of carbonyl (C=O) groups excluding carboxylic acids is 1. The second-order valence-electron chi connectivity index (χ2n) is 8.45. The second kappa shape index (κ2) is 8.07. The average molecular weight is 443 g/mol. The van der Waals surface area contributed by atoms with Gasteiger partial charge in [0.15, 0.2) is 11.5 Å². The van der Waals surface area contributed by atoms with Crippen molar-refractivity contribution in [2.75, 3.05) is 18.1 Å². The molecule has 2 fully saturated rings. The molecule has 2 aliphatic heterocycles. The molecule has 2 aromatic rings. The predicted octanol–water partition coefficient (Wildman–Crippen LogP) is 4.01. The van der Waals surface area contributed by atoms with E-state index < -0.39 is 10.0 Å². The Labute approximate surface area is 182 Å². The summed E-state index contributed by atoms with van der Waals surface area (Å²) in [7, 11) is -3.86. The molecule has 2 atom stereocenters. The van der Waals surface area contributed by atoms with Gasteiger partial charge in [0, 0.05) is 24.2 Å². The highest BCUT2D eigenvalue weighted by molar-refractivity contribution is 7.92. The van der Waals surface area contributed by atoms with Crippen molar-refractivity contribution in [3.63, 3.8) is 0 Å². The van der Waals surface area contributed by atoms with E-state index in [1.807, 2.05) is 4.90 Å². The molecule has 1 saturated carbocycles. The van der Waals surface area contributed by atoms with Crippen LogP contribution in [0.5, 0.6) is 11.5 Å². The van der Waals surface area contributed by atoms with Crippen LogP contribution in [0.3, 0.4) is 0 Å². The summed E-state index contributed by atoms with van der Waals surface area (Å²) in [4.78, 5) is 15.3. The van der Waals surface area contributed by atoms with Crippen molar-refractivity contribution in [2.45, 2.75) is 49.5 Å². The van der Waals surface area contributed by atoms with E-state index in [4.69, 9.17) is 9.47 Å². The zero-order valence-electron chi connectivity index (χ0n) is 17.2. The minimum Gasteiger partial charge on any atom is -0.454 e. The molecule has 0 unspecified atom stereocenters. The minimum atomic E-state index is -3.86. The lowest BCUT2D eigenvalue weighted by molar-refractivity contribution is 0.0390. The first-order valence-electron chi connectivity index (χ1n) is 10.8. The highest BCUT2D eigenvalue weighted by atomic mass is 32.2. The number of nitrogens with one attached hydrogen (secondary N) is 1. The lowest BCUT2D eigenvalue weighted by Crippen LogP contribution is -2.49. The van der Waals surface area contributed by atoms with E-state index >= 15 is 0 Å². The van der Waals surface area contributed by atoms with Crippen LogP contribution in [0, 0.1) is 5.92 Å². The number of sulfonamides is 1. The van der Waals surface area contributed by atoms with Crippen LogP contribution in [-0.2, 0) is 10.0 Å². The molecule has 0 spiro atoms. The molecule has 1 N–H and O–H groups in total. The maximum absolute atomic E-state index is 13.3. The van der Waals surface area contributed by atoms with Crippen molar-refractivity contribution < 1.29 is 22.7 Å². The van der Waals surface area contributed by atoms with Crippen LogP contribution in [0.25, 0.3) is 0 Å². The lowest BCUT2D eigenvalue weighted by Gasteiger charge is -2.44. The molecule has 1 saturated heterocycles. The van der Waals surface area contributed by atoms with Gasteiger partial charge in [-0.15, -0.1) is 0 Å². The summed E-state index contributed by atoms with van der Waals surface area (Å²) >= 11 is 0. The molecule has 1 aliphatic carbocycles. The first-order valence-corrected chi connectivity index (χ1v) is 12.3. The Morgan fingerprint density at radius 1 is 0.968 bits per heavy atom. The number of fused-ring (bicyclic) bond motifs is 2. The minimum absolute atomic E-state index is 0.0632. The molecule has 0 bridgehead atoms. The molecule has 0 radical (unpaired) electrons. The standard InChI is InChI=1S/C23H26N2O5S/c26-23(25-12-4-7-16-5-1-2-9-20(16)25)17-6-3-8-19(13-17)31(27,28)24-18-10-11-21-22(14-18)30-15-29-21/h3,6,8,10-11,13-14,16,20,24H,1-2,4-5,7,9,12,15H2/t16-,20+/m0/s1. The summed E-state index contributed by atoms with van der Waals surface area (Å²) in [6.07, 6.45) is 6.81. The molecular weight excluding hydrogens is 416 g/mol. The Morgan fingerprint density at radius 3 is 2.68 bits per heavy atom. The number of hydrogen-bond donors (Lipinski definition) is 1. The van der Waals surface area contributed by atoms with Crippen LogP contribution in [0.1, 0.15) is 48.9 Å². The van der Waals surface area contributed by atoms with E-state index in [-0.39, 0.29) is 23.6 Å². The van der Waals surface area contributed by atoms with Gasteiger partial charge in [0.05, 0.1) is 10.6 Å². The molecular formula is C23H26N2O5S. The van der Waals surface area contributed by atoms with Crippen molar-refractivity contribution in [2.24, 2.45) is 5.92 Å². The van der Waals surface area contributed by atoms with Gasteiger partial charge in [0.1, 0.15) is 0 Å². The number of anilines is 1. The van der Waals surface area contributed by atoms with Gasteiger partial charge in [-0.05, 0) is 61.9 Å². The third-order valence-electron chi connectivity index (χ3n) is 6.52. The number of likely N-dealkylation sites (tertiary alicyclic amines) is 1. The van der Waals surface area contributed by atoms with E-state index in [9.17, 15) is 13.2 Å². The normalized spacial score (nSPS) is 22.6. The van der Waals surface area contributed by atoms with Crippen LogP contribution in [0.15, 0.2) is 47.4 Å². The van der Waals surface area contributed by atoms with Crippen molar-refractivity contribution >= 4 is 21.6 Å². The molecule has 7 nitrogen and oxygen atoms in total. The first kappa shape index (κ1) is 20.2. The summed E-state index contributed by atoms with van der Waals surface area (Å²) in [5, 5.41) is 0. The highest BCUT2D eigenvalue weighted by Gasteiger charge is 2.36. The summed E-state index contributed by atoms with van der Waals surface area (Å²) in [6.45, 7) is 0.862. The molecule has 5 rings (SSSR count). The van der Waals surface area contributed by atoms with Crippen molar-refractivity contribution in [1.29, 1.82) is 0 Å². The van der Waals surface area contributed by atoms with Gasteiger partial charge in [-0.25, -0.2) is 8.42 Å². The molecule has 1 amide bonds. The zero-order chi connectivity index (χ0) is 21.4. The van der Waals surface area contributed by atoms with Gasteiger partial charge >= 0.3 is 0 Å². The first-order chi connectivity index (χ1) is 15.0. The van der Waals surface area contributed by atoms with E-state index in [1.165, 1.54) is 31.4 Å². The fraction of sp³-hybridized carbons (Fsp3) is 0.435. The Kier molecular flexibility index (Phi) is 5.25. The summed E-state index contributed by atoms with van der Waals surface area (Å²) in [5.74, 6) is 1.58. The van der Waals surface area contributed by atoms with E-state index in [0.29, 0.717) is 28.7 Å². The van der Waals surface area contributed by atoms with E-state index in [2.05, 4.69) is 4.72 Å². The Hall–Kier alpha value is -2.74. The maximum Gasteiger partial charge on any atom is 0.261 e. The van der Waals surface area contributed by atoms with Crippen molar-refractivity contribution in [1.82, 2.24) is 4.90 Å². The van der Waals surface area contributed by atoms with Crippen molar-refractivity contribution in [3.05, 3.63) is 48.0 Å².